The van der Waals surface area contributed by atoms with E-state index in [-0.39, 0.29) is 23.9 Å². The summed E-state index contributed by atoms with van der Waals surface area (Å²) in [5.41, 5.74) is 0.876. The summed E-state index contributed by atoms with van der Waals surface area (Å²) in [4.78, 5) is 11.7. The molecule has 18 heavy (non-hydrogen) atoms. The summed E-state index contributed by atoms with van der Waals surface area (Å²) in [6.45, 7) is 7.33. The largest absolute Gasteiger partial charge is 0.366 e. The van der Waals surface area contributed by atoms with E-state index in [2.05, 4.69) is 21.2 Å². The molecule has 1 rings (SSSR count). The lowest BCUT2D eigenvalue weighted by Gasteiger charge is -2.19. The Morgan fingerprint density at radius 2 is 2.06 bits per heavy atom. The molecular formula is C13H17BrFNO2. The normalized spacial score (nSPS) is 11.4. The molecule has 1 N–H and O–H groups in total. The molecule has 0 heterocycles. The van der Waals surface area contributed by atoms with Crippen molar-refractivity contribution in [3.63, 3.8) is 0 Å². The van der Waals surface area contributed by atoms with E-state index in [4.69, 9.17) is 4.74 Å². The average molecular weight is 318 g/mol. The van der Waals surface area contributed by atoms with Gasteiger partial charge >= 0.3 is 0 Å². The van der Waals surface area contributed by atoms with Crippen molar-refractivity contribution in [2.75, 3.05) is 11.9 Å². The van der Waals surface area contributed by atoms with Gasteiger partial charge in [0.15, 0.2) is 0 Å². The maximum atomic E-state index is 13.2. The molecule has 1 amide bonds. The molecule has 0 saturated carbocycles. The Hall–Kier alpha value is -0.940. The van der Waals surface area contributed by atoms with Gasteiger partial charge in [-0.15, -0.1) is 0 Å². The molecule has 0 fully saturated rings. The van der Waals surface area contributed by atoms with E-state index < -0.39 is 0 Å². The molecule has 0 atom stereocenters. The zero-order chi connectivity index (χ0) is 13.9. The lowest BCUT2D eigenvalue weighted by Crippen LogP contribution is -2.27. The number of carbonyl (C=O) groups excluding carboxylic acids is 1. The number of carbonyl (C=O) groups is 1. The van der Waals surface area contributed by atoms with Gasteiger partial charge in [-0.05, 0) is 61.3 Å². The maximum Gasteiger partial charge on any atom is 0.250 e. The molecule has 0 aromatic heterocycles. The Morgan fingerprint density at radius 3 is 2.61 bits per heavy atom. The van der Waals surface area contributed by atoms with Gasteiger partial charge in [-0.1, -0.05) is 0 Å². The summed E-state index contributed by atoms with van der Waals surface area (Å²) in [6.07, 6.45) is 0. The minimum atomic E-state index is -0.365. The van der Waals surface area contributed by atoms with E-state index in [0.29, 0.717) is 15.7 Å². The molecule has 5 heteroatoms. The number of benzene rings is 1. The van der Waals surface area contributed by atoms with Gasteiger partial charge in [0.2, 0.25) is 5.91 Å². The van der Waals surface area contributed by atoms with Crippen molar-refractivity contribution >= 4 is 27.5 Å². The number of ether oxygens (including phenoxy) is 1. The van der Waals surface area contributed by atoms with E-state index in [1.807, 2.05) is 20.8 Å². The van der Waals surface area contributed by atoms with Crippen molar-refractivity contribution in [3.05, 3.63) is 28.0 Å². The van der Waals surface area contributed by atoms with Crippen LogP contribution in [-0.2, 0) is 9.53 Å². The minimum absolute atomic E-state index is 0.0298. The summed E-state index contributed by atoms with van der Waals surface area (Å²) >= 11 is 3.08. The fraction of sp³-hybridized carbons (Fsp3) is 0.462. The van der Waals surface area contributed by atoms with Gasteiger partial charge in [-0.2, -0.15) is 0 Å². The number of amides is 1. The number of nitrogens with one attached hydrogen (secondary N) is 1. The van der Waals surface area contributed by atoms with Crippen LogP contribution in [0.1, 0.15) is 26.3 Å². The van der Waals surface area contributed by atoms with Crippen molar-refractivity contribution in [3.8, 4) is 0 Å². The number of aryl methyl sites for hydroxylation is 1. The van der Waals surface area contributed by atoms with Crippen molar-refractivity contribution in [1.29, 1.82) is 0 Å². The fourth-order valence-corrected chi connectivity index (χ4v) is 1.59. The fourth-order valence-electron chi connectivity index (χ4n) is 1.25. The lowest BCUT2D eigenvalue weighted by molar-refractivity contribution is -0.125. The molecule has 0 unspecified atom stereocenters. The summed E-state index contributed by atoms with van der Waals surface area (Å²) in [5.74, 6) is -0.608. The maximum absolute atomic E-state index is 13.2. The van der Waals surface area contributed by atoms with E-state index in [1.165, 1.54) is 6.07 Å². The van der Waals surface area contributed by atoms with Crippen LogP contribution < -0.4 is 5.32 Å². The van der Waals surface area contributed by atoms with Crippen LogP contribution in [-0.4, -0.2) is 18.1 Å². The second kappa shape index (κ2) is 5.80. The van der Waals surface area contributed by atoms with Crippen molar-refractivity contribution in [2.24, 2.45) is 0 Å². The second-order valence-corrected chi connectivity index (χ2v) is 5.88. The molecule has 100 valence electrons. The van der Waals surface area contributed by atoms with E-state index in [1.54, 1.807) is 13.0 Å². The van der Waals surface area contributed by atoms with Crippen LogP contribution in [0.15, 0.2) is 16.6 Å². The first-order valence-corrected chi connectivity index (χ1v) is 6.38. The highest BCUT2D eigenvalue weighted by atomic mass is 79.9. The molecule has 0 aliphatic heterocycles. The first-order valence-electron chi connectivity index (χ1n) is 5.58. The molecule has 1 aromatic rings. The summed E-state index contributed by atoms with van der Waals surface area (Å²) in [6, 6.07) is 2.91. The predicted molar refractivity (Wildman–Crippen MR) is 73.2 cm³/mol. The Bertz CT molecular complexity index is 455. The van der Waals surface area contributed by atoms with Crippen LogP contribution in [0.25, 0.3) is 0 Å². The van der Waals surface area contributed by atoms with Crippen molar-refractivity contribution in [2.45, 2.75) is 33.3 Å². The summed E-state index contributed by atoms with van der Waals surface area (Å²) in [7, 11) is 0. The van der Waals surface area contributed by atoms with Gasteiger partial charge in [-0.3, -0.25) is 4.79 Å². The molecule has 0 bridgehead atoms. The van der Waals surface area contributed by atoms with Crippen LogP contribution in [0, 0.1) is 12.7 Å². The van der Waals surface area contributed by atoms with Gasteiger partial charge in [0.1, 0.15) is 12.4 Å². The first-order chi connectivity index (χ1) is 8.19. The molecule has 0 radical (unpaired) electrons. The zero-order valence-corrected chi connectivity index (χ0v) is 12.5. The highest BCUT2D eigenvalue weighted by Gasteiger charge is 2.14. The van der Waals surface area contributed by atoms with Gasteiger partial charge in [-0.25, -0.2) is 4.39 Å². The third-order valence-electron chi connectivity index (χ3n) is 2.18. The van der Waals surface area contributed by atoms with Crippen LogP contribution in [0.4, 0.5) is 10.1 Å². The molecule has 0 saturated heterocycles. The highest BCUT2D eigenvalue weighted by molar-refractivity contribution is 9.10. The number of rotatable bonds is 3. The Kier molecular flexibility index (Phi) is 4.87. The van der Waals surface area contributed by atoms with Crippen molar-refractivity contribution < 1.29 is 13.9 Å². The first kappa shape index (κ1) is 15.1. The Balaban J connectivity index is 2.68. The quantitative estimate of drug-likeness (QED) is 0.924. The molecule has 0 spiro atoms. The summed E-state index contributed by atoms with van der Waals surface area (Å²) < 4.78 is 18.9. The van der Waals surface area contributed by atoms with Gasteiger partial charge in [0.25, 0.3) is 0 Å². The smallest absolute Gasteiger partial charge is 0.250 e. The van der Waals surface area contributed by atoms with Gasteiger partial charge in [0.05, 0.1) is 10.1 Å². The topological polar surface area (TPSA) is 38.3 Å². The number of hydrogen-bond acceptors (Lipinski definition) is 2. The summed E-state index contributed by atoms with van der Waals surface area (Å²) in [5, 5.41) is 2.69. The molecule has 0 aliphatic rings. The van der Waals surface area contributed by atoms with E-state index in [9.17, 15) is 9.18 Å². The van der Waals surface area contributed by atoms with Crippen LogP contribution in [0.3, 0.4) is 0 Å². The van der Waals surface area contributed by atoms with Crippen molar-refractivity contribution in [1.82, 2.24) is 0 Å². The Labute approximate surface area is 115 Å². The van der Waals surface area contributed by atoms with Crippen LogP contribution in [0.5, 0.6) is 0 Å². The second-order valence-electron chi connectivity index (χ2n) is 5.03. The van der Waals surface area contributed by atoms with Crippen LogP contribution >= 0.6 is 15.9 Å². The minimum Gasteiger partial charge on any atom is -0.366 e. The standard InChI is InChI=1S/C13H17BrFNO2/c1-8-5-10(15)9(14)6-11(8)16-12(17)7-18-13(2,3)4/h5-6H,7H2,1-4H3,(H,16,17). The van der Waals surface area contributed by atoms with Crippen LogP contribution in [0.2, 0.25) is 0 Å². The molecule has 0 aliphatic carbocycles. The predicted octanol–water partition coefficient (Wildman–Crippen LogP) is 3.65. The third-order valence-corrected chi connectivity index (χ3v) is 2.79. The number of anilines is 1. The SMILES string of the molecule is Cc1cc(F)c(Br)cc1NC(=O)COC(C)(C)C. The average Bonchev–Trinajstić information content (AvgIpc) is 2.22. The lowest BCUT2D eigenvalue weighted by atomic mass is 10.2. The van der Waals surface area contributed by atoms with Gasteiger partial charge in [0, 0.05) is 5.69 Å². The monoisotopic (exact) mass is 317 g/mol. The van der Waals surface area contributed by atoms with E-state index >= 15 is 0 Å². The number of halogens is 2. The van der Waals surface area contributed by atoms with E-state index in [0.717, 1.165) is 0 Å². The highest BCUT2D eigenvalue weighted by Crippen LogP contribution is 2.24. The Morgan fingerprint density at radius 1 is 1.44 bits per heavy atom. The molecule has 3 nitrogen and oxygen atoms in total. The molecule has 1 aromatic carbocycles. The molecular weight excluding hydrogens is 301 g/mol. The third kappa shape index (κ3) is 4.74. The number of hydrogen-bond donors (Lipinski definition) is 1. The zero-order valence-electron chi connectivity index (χ0n) is 10.9. The van der Waals surface area contributed by atoms with Gasteiger partial charge < -0.3 is 10.1 Å².